The zero-order valence-corrected chi connectivity index (χ0v) is 14.8. The minimum Gasteiger partial charge on any atom is -0.475 e. The van der Waals surface area contributed by atoms with Gasteiger partial charge >= 0.3 is 0 Å². The standard InChI is InChI=1S/C19H24N4O/c1-14-15(2)22-23-18(17(14)10-20)24-13-19(3,4)12-21-11-16-8-6-5-7-9-16/h5-9,21H,11-13H2,1-4H3. The van der Waals surface area contributed by atoms with E-state index in [-0.39, 0.29) is 5.41 Å². The SMILES string of the molecule is Cc1nnc(OCC(C)(C)CNCc2ccccc2)c(C#N)c1C. The van der Waals surface area contributed by atoms with E-state index in [1.54, 1.807) is 0 Å². The minimum absolute atomic E-state index is 0.0953. The molecule has 0 aliphatic carbocycles. The van der Waals surface area contributed by atoms with Crippen LogP contribution in [-0.2, 0) is 6.54 Å². The molecule has 0 radical (unpaired) electrons. The van der Waals surface area contributed by atoms with Crippen LogP contribution in [0.25, 0.3) is 0 Å². The number of nitrogens with one attached hydrogen (secondary N) is 1. The van der Waals surface area contributed by atoms with Gasteiger partial charge in [-0.25, -0.2) is 0 Å². The molecule has 2 rings (SSSR count). The third kappa shape index (κ3) is 4.77. The highest BCUT2D eigenvalue weighted by molar-refractivity contribution is 5.44. The molecular formula is C19H24N4O. The van der Waals surface area contributed by atoms with Gasteiger partial charge in [-0.1, -0.05) is 44.2 Å². The molecule has 0 bridgehead atoms. The first-order chi connectivity index (χ1) is 11.4. The summed E-state index contributed by atoms with van der Waals surface area (Å²) < 4.78 is 5.80. The quantitative estimate of drug-likeness (QED) is 0.847. The Hall–Kier alpha value is -2.45. The molecule has 0 unspecified atom stereocenters. The van der Waals surface area contributed by atoms with E-state index >= 15 is 0 Å². The molecule has 0 fully saturated rings. The van der Waals surface area contributed by atoms with Crippen molar-refractivity contribution in [3.05, 3.63) is 52.7 Å². The van der Waals surface area contributed by atoms with Crippen LogP contribution in [-0.4, -0.2) is 23.3 Å². The fourth-order valence-electron chi connectivity index (χ4n) is 2.28. The van der Waals surface area contributed by atoms with Crippen LogP contribution in [0.4, 0.5) is 0 Å². The van der Waals surface area contributed by atoms with Gasteiger partial charge in [0.05, 0.1) is 12.3 Å². The molecule has 126 valence electrons. The van der Waals surface area contributed by atoms with Crippen molar-refractivity contribution in [2.45, 2.75) is 34.2 Å². The van der Waals surface area contributed by atoms with Crippen LogP contribution in [0.3, 0.4) is 0 Å². The summed E-state index contributed by atoms with van der Waals surface area (Å²) in [6.07, 6.45) is 0. The molecule has 24 heavy (non-hydrogen) atoms. The summed E-state index contributed by atoms with van der Waals surface area (Å²) in [6.45, 7) is 10.0. The second-order valence-corrected chi connectivity index (χ2v) is 6.74. The molecule has 0 saturated carbocycles. The first kappa shape index (κ1) is 17.9. The molecule has 1 N–H and O–H groups in total. The number of aromatic nitrogens is 2. The van der Waals surface area contributed by atoms with Crippen molar-refractivity contribution in [3.8, 4) is 11.9 Å². The van der Waals surface area contributed by atoms with Gasteiger partial charge in [0.15, 0.2) is 0 Å². The number of hydrogen-bond donors (Lipinski definition) is 1. The Morgan fingerprint density at radius 1 is 1.17 bits per heavy atom. The molecule has 0 spiro atoms. The highest BCUT2D eigenvalue weighted by Gasteiger charge is 2.21. The van der Waals surface area contributed by atoms with E-state index in [0.717, 1.165) is 24.3 Å². The predicted molar refractivity (Wildman–Crippen MR) is 93.6 cm³/mol. The van der Waals surface area contributed by atoms with Gasteiger partial charge in [0.2, 0.25) is 0 Å². The Bertz CT molecular complexity index is 720. The van der Waals surface area contributed by atoms with E-state index in [2.05, 4.69) is 47.6 Å². The lowest BCUT2D eigenvalue weighted by Crippen LogP contribution is -2.34. The second-order valence-electron chi connectivity index (χ2n) is 6.74. The predicted octanol–water partition coefficient (Wildman–Crippen LogP) is 3.16. The van der Waals surface area contributed by atoms with Crippen LogP contribution in [0.2, 0.25) is 0 Å². The summed E-state index contributed by atoms with van der Waals surface area (Å²) in [5.74, 6) is 0.316. The van der Waals surface area contributed by atoms with Crippen LogP contribution in [0.5, 0.6) is 5.88 Å². The number of rotatable bonds is 7. The van der Waals surface area contributed by atoms with Crippen molar-refractivity contribution in [2.24, 2.45) is 5.41 Å². The van der Waals surface area contributed by atoms with Crippen molar-refractivity contribution in [1.82, 2.24) is 15.5 Å². The van der Waals surface area contributed by atoms with Crippen LogP contribution in [0.15, 0.2) is 30.3 Å². The molecule has 2 aromatic rings. The Morgan fingerprint density at radius 3 is 2.54 bits per heavy atom. The lowest BCUT2D eigenvalue weighted by Gasteiger charge is -2.25. The smallest absolute Gasteiger partial charge is 0.251 e. The summed E-state index contributed by atoms with van der Waals surface area (Å²) >= 11 is 0. The van der Waals surface area contributed by atoms with Gasteiger partial charge in [-0.3, -0.25) is 0 Å². The first-order valence-electron chi connectivity index (χ1n) is 8.04. The molecule has 0 aliphatic rings. The average Bonchev–Trinajstić information content (AvgIpc) is 2.57. The molecule has 1 aromatic heterocycles. The van der Waals surface area contributed by atoms with Crippen molar-refractivity contribution in [2.75, 3.05) is 13.2 Å². The summed E-state index contributed by atoms with van der Waals surface area (Å²) in [5.41, 5.74) is 3.20. The third-order valence-corrected chi connectivity index (χ3v) is 3.91. The van der Waals surface area contributed by atoms with Gasteiger partial charge < -0.3 is 10.1 Å². The Morgan fingerprint density at radius 2 is 1.88 bits per heavy atom. The highest BCUT2D eigenvalue weighted by atomic mass is 16.5. The summed E-state index contributed by atoms with van der Waals surface area (Å²) in [6, 6.07) is 12.4. The molecular weight excluding hydrogens is 300 g/mol. The average molecular weight is 324 g/mol. The maximum atomic E-state index is 9.31. The molecule has 0 amide bonds. The summed E-state index contributed by atoms with van der Waals surface area (Å²) in [5, 5.41) is 20.8. The van der Waals surface area contributed by atoms with Gasteiger partial charge in [0.1, 0.15) is 11.6 Å². The second kappa shape index (κ2) is 7.89. The monoisotopic (exact) mass is 324 g/mol. The summed E-state index contributed by atoms with van der Waals surface area (Å²) in [7, 11) is 0. The third-order valence-electron chi connectivity index (χ3n) is 3.91. The topological polar surface area (TPSA) is 70.8 Å². The highest BCUT2D eigenvalue weighted by Crippen LogP contribution is 2.22. The van der Waals surface area contributed by atoms with E-state index in [9.17, 15) is 5.26 Å². The van der Waals surface area contributed by atoms with Crippen molar-refractivity contribution in [3.63, 3.8) is 0 Å². The van der Waals surface area contributed by atoms with Gasteiger partial charge in [-0.2, -0.15) is 10.4 Å². The maximum absolute atomic E-state index is 9.31. The Kier molecular flexibility index (Phi) is 5.88. The normalized spacial score (nSPS) is 11.1. The molecule has 5 heteroatoms. The minimum atomic E-state index is -0.0953. The fourth-order valence-corrected chi connectivity index (χ4v) is 2.28. The molecule has 0 aliphatic heterocycles. The molecule has 1 heterocycles. The lowest BCUT2D eigenvalue weighted by atomic mass is 9.94. The number of nitriles is 1. The zero-order chi connectivity index (χ0) is 17.6. The fraction of sp³-hybridized carbons (Fsp3) is 0.421. The maximum Gasteiger partial charge on any atom is 0.251 e. The summed E-state index contributed by atoms with van der Waals surface area (Å²) in [4.78, 5) is 0. The van der Waals surface area contributed by atoms with Crippen molar-refractivity contribution >= 4 is 0 Å². The first-order valence-corrected chi connectivity index (χ1v) is 8.04. The van der Waals surface area contributed by atoms with Crippen LogP contribution >= 0.6 is 0 Å². The van der Waals surface area contributed by atoms with Gasteiger partial charge in [-0.15, -0.1) is 5.10 Å². The van der Waals surface area contributed by atoms with Gasteiger partial charge in [0.25, 0.3) is 5.88 Å². The largest absolute Gasteiger partial charge is 0.475 e. The van der Waals surface area contributed by atoms with Crippen molar-refractivity contribution in [1.29, 1.82) is 5.26 Å². The van der Waals surface area contributed by atoms with E-state index in [0.29, 0.717) is 18.1 Å². The Balaban J connectivity index is 1.91. The number of nitrogens with zero attached hydrogens (tertiary/aromatic N) is 3. The number of benzene rings is 1. The van der Waals surface area contributed by atoms with Gasteiger partial charge in [0, 0.05) is 18.5 Å². The van der Waals surface area contributed by atoms with Crippen LogP contribution in [0.1, 0.15) is 36.2 Å². The van der Waals surface area contributed by atoms with E-state index in [1.807, 2.05) is 32.0 Å². The zero-order valence-electron chi connectivity index (χ0n) is 14.8. The lowest BCUT2D eigenvalue weighted by molar-refractivity contribution is 0.168. The van der Waals surface area contributed by atoms with Crippen LogP contribution < -0.4 is 10.1 Å². The van der Waals surface area contributed by atoms with E-state index < -0.39 is 0 Å². The molecule has 5 nitrogen and oxygen atoms in total. The van der Waals surface area contributed by atoms with E-state index in [1.165, 1.54) is 5.56 Å². The number of hydrogen-bond acceptors (Lipinski definition) is 5. The Labute approximate surface area is 143 Å². The molecule has 0 saturated heterocycles. The van der Waals surface area contributed by atoms with E-state index in [4.69, 9.17) is 4.74 Å². The van der Waals surface area contributed by atoms with Crippen LogP contribution in [0, 0.1) is 30.6 Å². The molecule has 1 aromatic carbocycles. The number of ether oxygens (including phenoxy) is 1. The number of aryl methyl sites for hydroxylation is 1. The van der Waals surface area contributed by atoms with Crippen molar-refractivity contribution < 1.29 is 4.74 Å². The van der Waals surface area contributed by atoms with Gasteiger partial charge in [-0.05, 0) is 25.0 Å². The molecule has 0 atom stereocenters.